The summed E-state index contributed by atoms with van der Waals surface area (Å²) >= 11 is 0. The maximum Gasteiger partial charge on any atom is 0.201 e. The molecule has 0 aromatic carbocycles. The molecule has 3 nitrogen and oxygen atoms in total. The molecule has 1 heterocycles. The Balaban J connectivity index is 2.27. The fourth-order valence-electron chi connectivity index (χ4n) is 1.16. The van der Waals surface area contributed by atoms with Crippen molar-refractivity contribution in [2.24, 2.45) is 5.92 Å². The first-order valence-electron chi connectivity index (χ1n) is 4.08. The predicted octanol–water partition coefficient (Wildman–Crippen LogP) is 1.76. The lowest BCUT2D eigenvalue weighted by molar-refractivity contribution is 0.0939. The van der Waals surface area contributed by atoms with Crippen molar-refractivity contribution >= 4 is 11.5 Å². The summed E-state index contributed by atoms with van der Waals surface area (Å²) in [6.45, 7) is 1.76. The second-order valence-corrected chi connectivity index (χ2v) is 3.26. The molecule has 64 valence electrons. The number of anilines is 1. The van der Waals surface area contributed by atoms with Crippen LogP contribution in [0.5, 0.6) is 0 Å². The van der Waals surface area contributed by atoms with Gasteiger partial charge in [-0.1, -0.05) is 0 Å². The molecule has 0 spiro atoms. The molecule has 1 aromatic rings. The van der Waals surface area contributed by atoms with Crippen molar-refractivity contribution in [3.63, 3.8) is 0 Å². The Kier molecular flexibility index (Phi) is 1.46. The van der Waals surface area contributed by atoms with Crippen LogP contribution in [0.15, 0.2) is 10.5 Å². The van der Waals surface area contributed by atoms with Gasteiger partial charge in [-0.15, -0.1) is 0 Å². The average Bonchev–Trinajstić information content (AvgIpc) is 2.80. The molecule has 1 aromatic heterocycles. The topological polar surface area (TPSA) is 56.2 Å². The van der Waals surface area contributed by atoms with E-state index in [0.717, 1.165) is 12.8 Å². The lowest BCUT2D eigenvalue weighted by Crippen LogP contribution is -1.98. The molecule has 0 unspecified atom stereocenters. The smallest absolute Gasteiger partial charge is 0.201 e. The van der Waals surface area contributed by atoms with E-state index in [4.69, 9.17) is 10.2 Å². The van der Waals surface area contributed by atoms with Crippen molar-refractivity contribution in [1.82, 2.24) is 0 Å². The van der Waals surface area contributed by atoms with Crippen molar-refractivity contribution in [3.05, 3.63) is 17.6 Å². The van der Waals surface area contributed by atoms with E-state index in [0.29, 0.717) is 17.2 Å². The number of rotatable bonds is 2. The average molecular weight is 165 g/mol. The molecule has 0 atom stereocenters. The number of nitrogen functional groups attached to an aromatic ring is 1. The lowest BCUT2D eigenvalue weighted by atomic mass is 10.2. The minimum Gasteiger partial charge on any atom is -0.456 e. The Labute approximate surface area is 70.5 Å². The number of hydrogen-bond donors (Lipinski definition) is 1. The van der Waals surface area contributed by atoms with Gasteiger partial charge in [0.15, 0.2) is 5.76 Å². The largest absolute Gasteiger partial charge is 0.456 e. The number of aryl methyl sites for hydroxylation is 1. The van der Waals surface area contributed by atoms with Crippen molar-refractivity contribution in [1.29, 1.82) is 0 Å². The molecule has 3 heteroatoms. The third-order valence-corrected chi connectivity index (χ3v) is 2.15. The number of ketones is 1. The highest BCUT2D eigenvalue weighted by Crippen LogP contribution is 2.33. The van der Waals surface area contributed by atoms with Gasteiger partial charge in [-0.2, -0.15) is 0 Å². The molecular weight excluding hydrogens is 154 g/mol. The van der Waals surface area contributed by atoms with Crippen LogP contribution in [0.3, 0.4) is 0 Å². The van der Waals surface area contributed by atoms with E-state index in [-0.39, 0.29) is 11.7 Å². The summed E-state index contributed by atoms with van der Waals surface area (Å²) in [5, 5.41) is 0. The van der Waals surface area contributed by atoms with Crippen LogP contribution in [0.2, 0.25) is 0 Å². The van der Waals surface area contributed by atoms with Gasteiger partial charge in [-0.3, -0.25) is 4.79 Å². The first-order valence-corrected chi connectivity index (χ1v) is 4.08. The highest BCUT2D eigenvalue weighted by molar-refractivity contribution is 5.97. The standard InChI is InChI=1S/C9H11NO2/c1-5-7(10)4-8(12-5)9(11)6-2-3-6/h4,6H,2-3,10H2,1H3. The molecule has 1 aliphatic carbocycles. The van der Waals surface area contributed by atoms with Crippen LogP contribution in [-0.2, 0) is 0 Å². The number of furan rings is 1. The summed E-state index contributed by atoms with van der Waals surface area (Å²) in [7, 11) is 0. The van der Waals surface area contributed by atoms with Crippen LogP contribution in [-0.4, -0.2) is 5.78 Å². The minimum absolute atomic E-state index is 0.106. The first-order chi connectivity index (χ1) is 5.68. The Morgan fingerprint density at radius 1 is 1.67 bits per heavy atom. The summed E-state index contributed by atoms with van der Waals surface area (Å²) in [5.41, 5.74) is 6.12. The van der Waals surface area contributed by atoms with Gasteiger partial charge >= 0.3 is 0 Å². The monoisotopic (exact) mass is 165 g/mol. The zero-order valence-electron chi connectivity index (χ0n) is 6.96. The van der Waals surface area contributed by atoms with Gasteiger partial charge in [-0.25, -0.2) is 0 Å². The van der Waals surface area contributed by atoms with Crippen LogP contribution in [0, 0.1) is 12.8 Å². The molecule has 0 amide bonds. The maximum atomic E-state index is 11.4. The summed E-state index contributed by atoms with van der Waals surface area (Å²) in [6.07, 6.45) is 2.00. The van der Waals surface area contributed by atoms with E-state index in [1.54, 1.807) is 13.0 Å². The SMILES string of the molecule is Cc1oc(C(=O)C2CC2)cc1N. The predicted molar refractivity (Wildman–Crippen MR) is 44.9 cm³/mol. The van der Waals surface area contributed by atoms with Crippen LogP contribution in [0.1, 0.15) is 29.2 Å². The molecule has 1 saturated carbocycles. The Morgan fingerprint density at radius 2 is 2.33 bits per heavy atom. The Morgan fingerprint density at radius 3 is 2.75 bits per heavy atom. The molecule has 0 radical (unpaired) electrons. The summed E-state index contributed by atoms with van der Waals surface area (Å²) < 4.78 is 5.20. The van der Waals surface area contributed by atoms with E-state index < -0.39 is 0 Å². The van der Waals surface area contributed by atoms with Gasteiger partial charge in [-0.05, 0) is 19.8 Å². The molecule has 0 aliphatic heterocycles. The second kappa shape index (κ2) is 2.37. The van der Waals surface area contributed by atoms with Crippen LogP contribution in [0.4, 0.5) is 5.69 Å². The van der Waals surface area contributed by atoms with Crippen molar-refractivity contribution in [2.75, 3.05) is 5.73 Å². The maximum absolute atomic E-state index is 11.4. The fourth-order valence-corrected chi connectivity index (χ4v) is 1.16. The Hall–Kier alpha value is -1.25. The second-order valence-electron chi connectivity index (χ2n) is 3.26. The first kappa shape index (κ1) is 7.40. The minimum atomic E-state index is 0.106. The lowest BCUT2D eigenvalue weighted by Gasteiger charge is -1.89. The van der Waals surface area contributed by atoms with Gasteiger partial charge in [0.05, 0.1) is 5.69 Å². The molecule has 0 saturated heterocycles. The molecule has 2 rings (SSSR count). The van der Waals surface area contributed by atoms with E-state index in [1.807, 2.05) is 0 Å². The van der Waals surface area contributed by atoms with Crippen molar-refractivity contribution in [2.45, 2.75) is 19.8 Å². The van der Waals surface area contributed by atoms with E-state index >= 15 is 0 Å². The van der Waals surface area contributed by atoms with Gasteiger partial charge in [0.2, 0.25) is 5.78 Å². The summed E-state index contributed by atoms with van der Waals surface area (Å²) in [6, 6.07) is 1.62. The molecule has 1 aliphatic rings. The van der Waals surface area contributed by atoms with E-state index in [9.17, 15) is 4.79 Å². The highest BCUT2D eigenvalue weighted by Gasteiger charge is 2.32. The number of Topliss-reactive ketones (excluding diaryl/α,β-unsaturated/α-hetero) is 1. The fraction of sp³-hybridized carbons (Fsp3) is 0.444. The van der Waals surface area contributed by atoms with E-state index in [1.165, 1.54) is 0 Å². The van der Waals surface area contributed by atoms with Gasteiger partial charge < -0.3 is 10.2 Å². The Bertz CT molecular complexity index is 304. The van der Waals surface area contributed by atoms with Crippen molar-refractivity contribution in [3.8, 4) is 0 Å². The van der Waals surface area contributed by atoms with E-state index in [2.05, 4.69) is 0 Å². The zero-order chi connectivity index (χ0) is 8.72. The number of nitrogens with two attached hydrogens (primary N) is 1. The molecule has 2 N–H and O–H groups in total. The van der Waals surface area contributed by atoms with Crippen LogP contribution < -0.4 is 5.73 Å². The molecule has 1 fully saturated rings. The third kappa shape index (κ3) is 1.11. The summed E-state index contributed by atoms with van der Waals surface area (Å²) in [4.78, 5) is 11.4. The molecular formula is C9H11NO2. The zero-order valence-corrected chi connectivity index (χ0v) is 6.96. The highest BCUT2D eigenvalue weighted by atomic mass is 16.3. The van der Waals surface area contributed by atoms with Gasteiger partial charge in [0.1, 0.15) is 5.76 Å². The number of carbonyl (C=O) groups is 1. The van der Waals surface area contributed by atoms with Gasteiger partial charge in [0.25, 0.3) is 0 Å². The molecule has 12 heavy (non-hydrogen) atoms. The third-order valence-electron chi connectivity index (χ3n) is 2.15. The number of hydrogen-bond acceptors (Lipinski definition) is 3. The van der Waals surface area contributed by atoms with Crippen LogP contribution in [0.25, 0.3) is 0 Å². The summed E-state index contributed by atoms with van der Waals surface area (Å²) in [5.74, 6) is 1.37. The molecule has 0 bridgehead atoms. The van der Waals surface area contributed by atoms with Crippen LogP contribution >= 0.6 is 0 Å². The van der Waals surface area contributed by atoms with Crippen molar-refractivity contribution < 1.29 is 9.21 Å². The quantitative estimate of drug-likeness (QED) is 0.679. The normalized spacial score (nSPS) is 16.4. The van der Waals surface area contributed by atoms with Gasteiger partial charge in [0, 0.05) is 12.0 Å². The number of carbonyl (C=O) groups excluding carboxylic acids is 1.